The Morgan fingerprint density at radius 1 is 1.28 bits per heavy atom. The van der Waals surface area contributed by atoms with Gasteiger partial charge < -0.3 is 4.74 Å². The minimum Gasteiger partial charge on any atom is -0.496 e. The van der Waals surface area contributed by atoms with E-state index in [2.05, 4.69) is 42.2 Å². The molecule has 0 aliphatic carbocycles. The van der Waals surface area contributed by atoms with Gasteiger partial charge in [-0.15, -0.1) is 0 Å². The predicted molar refractivity (Wildman–Crippen MR) is 73.2 cm³/mol. The number of ether oxygens (including phenoxy) is 1. The van der Waals surface area contributed by atoms with Crippen LogP contribution in [-0.4, -0.2) is 17.3 Å². The maximum absolute atomic E-state index is 5.39. The van der Waals surface area contributed by atoms with Crippen molar-refractivity contribution < 1.29 is 4.74 Å². The fraction of sp³-hybridized carbons (Fsp3) is 0.400. The van der Waals surface area contributed by atoms with Crippen molar-refractivity contribution >= 4 is 0 Å². The normalized spacial score (nSPS) is 10.9. The minimum absolute atomic E-state index is 0.459. The summed E-state index contributed by atoms with van der Waals surface area (Å²) < 4.78 is 5.39. The van der Waals surface area contributed by atoms with Crippen molar-refractivity contribution in [3.63, 3.8) is 0 Å². The van der Waals surface area contributed by atoms with E-state index in [1.807, 2.05) is 13.0 Å². The average Bonchev–Trinajstić information content (AvgIpc) is 2.74. The number of aromatic nitrogens is 2. The molecule has 3 nitrogen and oxygen atoms in total. The van der Waals surface area contributed by atoms with Crippen LogP contribution in [0.3, 0.4) is 0 Å². The van der Waals surface area contributed by atoms with E-state index in [0.717, 1.165) is 23.6 Å². The Bertz CT molecular complexity index is 529. The summed E-state index contributed by atoms with van der Waals surface area (Å²) in [7, 11) is 1.72. The highest BCUT2D eigenvalue weighted by Crippen LogP contribution is 2.27. The molecule has 0 aliphatic heterocycles. The summed E-state index contributed by atoms with van der Waals surface area (Å²) in [6.45, 7) is 6.38. The lowest BCUT2D eigenvalue weighted by atomic mass is 9.98. The summed E-state index contributed by atoms with van der Waals surface area (Å²) in [5.74, 6) is 1.42. The minimum atomic E-state index is 0.459. The van der Waals surface area contributed by atoms with Crippen molar-refractivity contribution in [1.29, 1.82) is 0 Å². The average molecular weight is 244 g/mol. The summed E-state index contributed by atoms with van der Waals surface area (Å²) in [6.07, 6.45) is 0.855. The Balaban J connectivity index is 2.26. The first-order valence-corrected chi connectivity index (χ1v) is 6.28. The quantitative estimate of drug-likeness (QED) is 0.894. The highest BCUT2D eigenvalue weighted by Gasteiger charge is 2.09. The van der Waals surface area contributed by atoms with Crippen molar-refractivity contribution in [3.05, 3.63) is 46.8 Å². The van der Waals surface area contributed by atoms with Gasteiger partial charge in [-0.2, -0.15) is 5.10 Å². The zero-order chi connectivity index (χ0) is 13.1. The first-order valence-electron chi connectivity index (χ1n) is 6.28. The first kappa shape index (κ1) is 12.7. The molecule has 0 aliphatic rings. The zero-order valence-corrected chi connectivity index (χ0v) is 11.4. The number of hydrogen-bond acceptors (Lipinski definition) is 2. The summed E-state index contributed by atoms with van der Waals surface area (Å²) in [5, 5.41) is 7.25. The Morgan fingerprint density at radius 2 is 2.06 bits per heavy atom. The van der Waals surface area contributed by atoms with Crippen LogP contribution in [0, 0.1) is 6.92 Å². The van der Waals surface area contributed by atoms with Crippen LogP contribution in [0.15, 0.2) is 24.3 Å². The van der Waals surface area contributed by atoms with Crippen LogP contribution >= 0.6 is 0 Å². The van der Waals surface area contributed by atoms with Gasteiger partial charge in [-0.3, -0.25) is 5.10 Å². The second kappa shape index (κ2) is 5.25. The van der Waals surface area contributed by atoms with Crippen LogP contribution in [0.5, 0.6) is 5.75 Å². The highest BCUT2D eigenvalue weighted by molar-refractivity contribution is 5.40. The first-order chi connectivity index (χ1) is 8.60. The maximum Gasteiger partial charge on any atom is 0.122 e. The molecule has 0 saturated heterocycles. The molecule has 0 saturated carbocycles. The molecular weight excluding hydrogens is 224 g/mol. The molecule has 18 heavy (non-hydrogen) atoms. The molecule has 3 heteroatoms. The Kier molecular flexibility index (Phi) is 3.70. The van der Waals surface area contributed by atoms with Crippen molar-refractivity contribution in [2.45, 2.75) is 33.1 Å². The third kappa shape index (κ3) is 2.73. The van der Waals surface area contributed by atoms with E-state index in [-0.39, 0.29) is 0 Å². The molecular formula is C15H20N2O. The molecule has 2 aromatic rings. The van der Waals surface area contributed by atoms with Crippen molar-refractivity contribution in [3.8, 4) is 5.75 Å². The standard InChI is InChI=1S/C15H20N2O/c1-10(2)14-9-12(5-6-15(14)18-4)8-13-7-11(3)16-17-13/h5-7,9-10H,8H2,1-4H3,(H,16,17). The second-order valence-electron chi connectivity index (χ2n) is 4.95. The molecule has 0 spiro atoms. The van der Waals surface area contributed by atoms with Crippen LogP contribution in [0.25, 0.3) is 0 Å². The van der Waals surface area contributed by atoms with E-state index in [9.17, 15) is 0 Å². The van der Waals surface area contributed by atoms with E-state index >= 15 is 0 Å². The number of H-pyrrole nitrogens is 1. The number of nitrogens with zero attached hydrogens (tertiary/aromatic N) is 1. The fourth-order valence-corrected chi connectivity index (χ4v) is 2.12. The van der Waals surface area contributed by atoms with E-state index in [4.69, 9.17) is 4.74 Å². The van der Waals surface area contributed by atoms with Gasteiger partial charge in [0, 0.05) is 12.1 Å². The molecule has 1 heterocycles. The van der Waals surface area contributed by atoms with Gasteiger partial charge in [-0.25, -0.2) is 0 Å². The van der Waals surface area contributed by atoms with Crippen LogP contribution < -0.4 is 4.74 Å². The zero-order valence-electron chi connectivity index (χ0n) is 11.4. The Morgan fingerprint density at radius 3 is 2.61 bits per heavy atom. The van der Waals surface area contributed by atoms with Crippen LogP contribution in [0.1, 0.15) is 42.3 Å². The number of methoxy groups -OCH3 is 1. The van der Waals surface area contributed by atoms with Gasteiger partial charge in [0.2, 0.25) is 0 Å². The van der Waals surface area contributed by atoms with Crippen molar-refractivity contribution in [2.24, 2.45) is 0 Å². The van der Waals surface area contributed by atoms with Gasteiger partial charge in [0.05, 0.1) is 12.8 Å². The largest absolute Gasteiger partial charge is 0.496 e. The molecule has 0 bridgehead atoms. The monoisotopic (exact) mass is 244 g/mol. The van der Waals surface area contributed by atoms with Gasteiger partial charge in [-0.05, 0) is 36.1 Å². The number of aryl methyl sites for hydroxylation is 1. The van der Waals surface area contributed by atoms with E-state index in [1.165, 1.54) is 11.1 Å². The van der Waals surface area contributed by atoms with Gasteiger partial charge in [-0.1, -0.05) is 26.0 Å². The van der Waals surface area contributed by atoms with Crippen molar-refractivity contribution in [2.75, 3.05) is 7.11 Å². The van der Waals surface area contributed by atoms with E-state index < -0.39 is 0 Å². The van der Waals surface area contributed by atoms with Crippen LogP contribution in [0.2, 0.25) is 0 Å². The van der Waals surface area contributed by atoms with Gasteiger partial charge >= 0.3 is 0 Å². The lowest BCUT2D eigenvalue weighted by Gasteiger charge is -2.13. The molecule has 0 radical (unpaired) electrons. The lowest BCUT2D eigenvalue weighted by Crippen LogP contribution is -1.97. The van der Waals surface area contributed by atoms with E-state index in [0.29, 0.717) is 5.92 Å². The van der Waals surface area contributed by atoms with Gasteiger partial charge in [0.25, 0.3) is 0 Å². The Hall–Kier alpha value is -1.77. The maximum atomic E-state index is 5.39. The van der Waals surface area contributed by atoms with Gasteiger partial charge in [0.15, 0.2) is 0 Å². The van der Waals surface area contributed by atoms with Gasteiger partial charge in [0.1, 0.15) is 5.75 Å². The summed E-state index contributed by atoms with van der Waals surface area (Å²) >= 11 is 0. The molecule has 0 amide bonds. The molecule has 96 valence electrons. The molecule has 1 aromatic heterocycles. The molecule has 0 atom stereocenters. The molecule has 2 rings (SSSR count). The number of nitrogens with one attached hydrogen (secondary N) is 1. The summed E-state index contributed by atoms with van der Waals surface area (Å²) in [5.41, 5.74) is 4.70. The number of rotatable bonds is 4. The molecule has 0 fully saturated rings. The molecule has 1 N–H and O–H groups in total. The summed E-state index contributed by atoms with van der Waals surface area (Å²) in [6, 6.07) is 8.45. The fourth-order valence-electron chi connectivity index (χ4n) is 2.12. The Labute approximate surface area is 108 Å². The SMILES string of the molecule is COc1ccc(Cc2cc(C)[nH]n2)cc1C(C)C. The van der Waals surface area contributed by atoms with Crippen molar-refractivity contribution in [1.82, 2.24) is 10.2 Å². The third-order valence-corrected chi connectivity index (χ3v) is 3.06. The smallest absolute Gasteiger partial charge is 0.122 e. The molecule has 1 aromatic carbocycles. The van der Waals surface area contributed by atoms with E-state index in [1.54, 1.807) is 7.11 Å². The number of aromatic amines is 1. The predicted octanol–water partition coefficient (Wildman–Crippen LogP) is 3.44. The van der Waals surface area contributed by atoms with Crippen LogP contribution in [-0.2, 0) is 6.42 Å². The summed E-state index contributed by atoms with van der Waals surface area (Å²) in [4.78, 5) is 0. The highest BCUT2D eigenvalue weighted by atomic mass is 16.5. The third-order valence-electron chi connectivity index (χ3n) is 3.06. The second-order valence-corrected chi connectivity index (χ2v) is 4.95. The molecule has 0 unspecified atom stereocenters. The topological polar surface area (TPSA) is 37.9 Å². The lowest BCUT2D eigenvalue weighted by molar-refractivity contribution is 0.407. The number of hydrogen-bond donors (Lipinski definition) is 1. The van der Waals surface area contributed by atoms with Crippen LogP contribution in [0.4, 0.5) is 0 Å². The number of benzene rings is 1.